The average molecular weight is 360 g/mol. The lowest BCUT2D eigenvalue weighted by Crippen LogP contribution is -2.47. The van der Waals surface area contributed by atoms with Crippen LogP contribution in [0, 0.1) is 11.8 Å². The molecule has 5 nitrogen and oxygen atoms in total. The van der Waals surface area contributed by atoms with E-state index in [1.54, 1.807) is 4.90 Å². The van der Waals surface area contributed by atoms with Gasteiger partial charge in [0.2, 0.25) is 11.8 Å². The second-order valence-corrected chi connectivity index (χ2v) is 7.41. The molecule has 144 valence electrons. The van der Waals surface area contributed by atoms with Crippen molar-refractivity contribution in [3.8, 4) is 0 Å². The lowest BCUT2D eigenvalue weighted by atomic mass is 9.85. The normalized spacial score (nSPS) is 19.4. The van der Waals surface area contributed by atoms with Crippen molar-refractivity contribution in [3.05, 3.63) is 30.3 Å². The first kappa shape index (κ1) is 20.4. The summed E-state index contributed by atoms with van der Waals surface area (Å²) in [6.07, 6.45) is 3.71. The lowest BCUT2D eigenvalue weighted by molar-refractivity contribution is -0.139. The highest BCUT2D eigenvalue weighted by molar-refractivity contribution is 5.96. The van der Waals surface area contributed by atoms with Crippen LogP contribution in [0.25, 0.3) is 0 Å². The molecule has 0 saturated carbocycles. The topological polar surface area (TPSA) is 61.4 Å². The Balaban J connectivity index is 1.96. The summed E-state index contributed by atoms with van der Waals surface area (Å²) in [4.78, 5) is 27.3. The largest absolute Gasteiger partial charge is 0.331 e. The molecule has 3 unspecified atom stereocenters. The third-order valence-corrected chi connectivity index (χ3v) is 5.31. The van der Waals surface area contributed by atoms with Crippen LogP contribution in [0.3, 0.4) is 0 Å². The second-order valence-electron chi connectivity index (χ2n) is 7.41. The van der Waals surface area contributed by atoms with Gasteiger partial charge >= 0.3 is 0 Å². The molecular weight excluding hydrogens is 326 g/mol. The van der Waals surface area contributed by atoms with E-state index in [9.17, 15) is 9.59 Å². The third-order valence-electron chi connectivity index (χ3n) is 5.31. The number of para-hydroxylation sites is 1. The van der Waals surface area contributed by atoms with Gasteiger partial charge in [-0.2, -0.15) is 0 Å². The van der Waals surface area contributed by atoms with Crippen LogP contribution in [0.5, 0.6) is 0 Å². The average Bonchev–Trinajstić information content (AvgIpc) is 2.66. The van der Waals surface area contributed by atoms with Gasteiger partial charge in [-0.15, -0.1) is 0 Å². The molecule has 0 bridgehead atoms. The van der Waals surface area contributed by atoms with Crippen LogP contribution in [0.2, 0.25) is 0 Å². The fourth-order valence-electron chi connectivity index (χ4n) is 3.61. The molecule has 2 rings (SSSR count). The molecule has 1 aliphatic heterocycles. The lowest BCUT2D eigenvalue weighted by Gasteiger charge is -2.32. The fraction of sp³-hybridized carbons (Fsp3) is 0.619. The van der Waals surface area contributed by atoms with Crippen LogP contribution in [-0.2, 0) is 9.59 Å². The number of carbonyl (C=O) groups is 2. The summed E-state index contributed by atoms with van der Waals surface area (Å²) in [5, 5.41) is 6.33. The summed E-state index contributed by atoms with van der Waals surface area (Å²) in [6, 6.07) is 8.92. The first-order chi connectivity index (χ1) is 12.5. The van der Waals surface area contributed by atoms with Gasteiger partial charge in [0, 0.05) is 18.7 Å². The maximum Gasteiger partial charge on any atom is 0.246 e. The molecule has 1 saturated heterocycles. The van der Waals surface area contributed by atoms with Crippen molar-refractivity contribution in [1.29, 1.82) is 0 Å². The van der Waals surface area contributed by atoms with Crippen LogP contribution >= 0.6 is 0 Å². The Hall–Kier alpha value is -1.88. The Morgan fingerprint density at radius 1 is 1.27 bits per heavy atom. The summed E-state index contributed by atoms with van der Waals surface area (Å²) in [5.41, 5.74) is 0.759. The van der Waals surface area contributed by atoms with Crippen LogP contribution in [-0.4, -0.2) is 42.4 Å². The van der Waals surface area contributed by atoms with Gasteiger partial charge < -0.3 is 15.5 Å². The van der Waals surface area contributed by atoms with Gasteiger partial charge in [0.15, 0.2) is 0 Å². The van der Waals surface area contributed by atoms with Gasteiger partial charge in [-0.25, -0.2) is 0 Å². The number of piperidine rings is 1. The molecule has 0 aromatic heterocycles. The number of carbonyl (C=O) groups excluding carboxylic acids is 2. The van der Waals surface area contributed by atoms with Crippen molar-refractivity contribution in [2.45, 2.75) is 52.5 Å². The molecular formula is C21H33N3O2. The van der Waals surface area contributed by atoms with E-state index in [2.05, 4.69) is 17.6 Å². The number of benzene rings is 1. The number of nitrogens with one attached hydrogen (secondary N) is 2. The van der Waals surface area contributed by atoms with E-state index in [1.165, 1.54) is 12.8 Å². The van der Waals surface area contributed by atoms with Crippen molar-refractivity contribution in [2.24, 2.45) is 11.8 Å². The molecule has 3 atom stereocenters. The molecule has 2 amide bonds. The van der Waals surface area contributed by atoms with Gasteiger partial charge in [-0.05, 0) is 63.2 Å². The van der Waals surface area contributed by atoms with Crippen LogP contribution in [0.15, 0.2) is 30.3 Å². The number of rotatable bonds is 8. The summed E-state index contributed by atoms with van der Waals surface area (Å²) < 4.78 is 0. The molecule has 0 radical (unpaired) electrons. The molecule has 2 N–H and O–H groups in total. The highest BCUT2D eigenvalue weighted by Gasteiger charge is 2.29. The molecule has 26 heavy (non-hydrogen) atoms. The Labute approximate surface area is 157 Å². The van der Waals surface area contributed by atoms with Gasteiger partial charge in [0.05, 0.1) is 0 Å². The minimum atomic E-state index is -0.473. The van der Waals surface area contributed by atoms with E-state index >= 15 is 0 Å². The van der Waals surface area contributed by atoms with E-state index in [-0.39, 0.29) is 11.8 Å². The summed E-state index contributed by atoms with van der Waals surface area (Å²) in [5.74, 6) is 0.828. The first-order valence-corrected chi connectivity index (χ1v) is 9.89. The van der Waals surface area contributed by atoms with E-state index in [0.29, 0.717) is 24.8 Å². The molecule has 1 heterocycles. The van der Waals surface area contributed by atoms with Gasteiger partial charge in [0.25, 0.3) is 0 Å². The van der Waals surface area contributed by atoms with Crippen LogP contribution in [0.4, 0.5) is 5.69 Å². The Bertz CT molecular complexity index is 570. The zero-order valence-electron chi connectivity index (χ0n) is 16.3. The van der Waals surface area contributed by atoms with Gasteiger partial charge in [-0.3, -0.25) is 9.59 Å². The van der Waals surface area contributed by atoms with Crippen molar-refractivity contribution < 1.29 is 9.59 Å². The van der Waals surface area contributed by atoms with Crippen LogP contribution in [0.1, 0.15) is 46.5 Å². The van der Waals surface area contributed by atoms with E-state index in [1.807, 2.05) is 44.2 Å². The summed E-state index contributed by atoms with van der Waals surface area (Å²) in [7, 11) is 0. The highest BCUT2D eigenvalue weighted by Crippen LogP contribution is 2.24. The number of nitrogens with zero attached hydrogens (tertiary/aromatic N) is 1. The molecule has 0 aliphatic carbocycles. The number of anilines is 1. The fourth-order valence-corrected chi connectivity index (χ4v) is 3.61. The molecule has 1 fully saturated rings. The van der Waals surface area contributed by atoms with Crippen molar-refractivity contribution in [2.75, 3.05) is 25.0 Å². The first-order valence-electron chi connectivity index (χ1n) is 9.89. The number of hydrogen-bond acceptors (Lipinski definition) is 3. The predicted octanol–water partition coefficient (Wildman–Crippen LogP) is 3.28. The minimum absolute atomic E-state index is 0.0839. The van der Waals surface area contributed by atoms with E-state index < -0.39 is 6.04 Å². The predicted molar refractivity (Wildman–Crippen MR) is 106 cm³/mol. The third kappa shape index (κ3) is 5.84. The molecule has 1 aromatic carbocycles. The Morgan fingerprint density at radius 3 is 2.62 bits per heavy atom. The van der Waals surface area contributed by atoms with E-state index in [0.717, 1.165) is 25.2 Å². The van der Waals surface area contributed by atoms with Crippen molar-refractivity contribution in [3.63, 3.8) is 0 Å². The maximum absolute atomic E-state index is 12.9. The molecule has 1 aromatic rings. The Kier molecular flexibility index (Phi) is 8.10. The van der Waals surface area contributed by atoms with Gasteiger partial charge in [0.1, 0.15) is 6.04 Å². The zero-order valence-corrected chi connectivity index (χ0v) is 16.3. The minimum Gasteiger partial charge on any atom is -0.331 e. The summed E-state index contributed by atoms with van der Waals surface area (Å²) >= 11 is 0. The summed E-state index contributed by atoms with van der Waals surface area (Å²) in [6.45, 7) is 8.70. The Morgan fingerprint density at radius 2 is 2.00 bits per heavy atom. The van der Waals surface area contributed by atoms with Gasteiger partial charge in [-0.1, -0.05) is 32.0 Å². The van der Waals surface area contributed by atoms with Crippen molar-refractivity contribution in [1.82, 2.24) is 10.2 Å². The maximum atomic E-state index is 12.9. The molecule has 0 spiro atoms. The number of amides is 2. The molecule has 5 heteroatoms. The van der Waals surface area contributed by atoms with Crippen LogP contribution < -0.4 is 10.6 Å². The van der Waals surface area contributed by atoms with E-state index in [4.69, 9.17) is 0 Å². The zero-order chi connectivity index (χ0) is 18.9. The standard InChI is InChI=1S/C21H33N3O2/c1-4-13-24(17(3)21(26)23-19-10-6-5-7-11-19)20(25)14-16(2)18-9-8-12-22-15-18/h5-7,10-11,16-18,22H,4,8-9,12-15H2,1-3H3,(H,23,26). The monoisotopic (exact) mass is 359 g/mol. The highest BCUT2D eigenvalue weighted by atomic mass is 16.2. The smallest absolute Gasteiger partial charge is 0.246 e. The molecule has 1 aliphatic rings. The van der Waals surface area contributed by atoms with Crippen molar-refractivity contribution >= 4 is 17.5 Å². The number of hydrogen-bond donors (Lipinski definition) is 2. The second kappa shape index (κ2) is 10.3. The quantitative estimate of drug-likeness (QED) is 0.749. The SMILES string of the molecule is CCCN(C(=O)CC(C)C1CCCNC1)C(C)C(=O)Nc1ccccc1.